The van der Waals surface area contributed by atoms with Crippen molar-refractivity contribution < 1.29 is 22.4 Å². The van der Waals surface area contributed by atoms with Gasteiger partial charge in [0.2, 0.25) is 21.8 Å². The number of sulfonamides is 1. The Bertz CT molecular complexity index is 1060. The number of amides is 2. The summed E-state index contributed by atoms with van der Waals surface area (Å²) in [5, 5.41) is 3.27. The molecule has 0 spiro atoms. The minimum Gasteiger partial charge on any atom is -0.352 e. The third-order valence-corrected chi connectivity index (χ3v) is 6.04. The highest BCUT2D eigenvalue weighted by Gasteiger charge is 2.31. The smallest absolute Gasteiger partial charge is 0.244 e. The second-order valence-corrected chi connectivity index (χ2v) is 10.1. The maximum atomic E-state index is 14.3. The summed E-state index contributed by atoms with van der Waals surface area (Å²) in [6.45, 7) is 4.52. The molecule has 10 heteroatoms. The van der Waals surface area contributed by atoms with E-state index in [1.54, 1.807) is 45.0 Å². The summed E-state index contributed by atoms with van der Waals surface area (Å²) in [5.74, 6) is -1.82. The van der Waals surface area contributed by atoms with E-state index in [1.807, 2.05) is 0 Å². The lowest BCUT2D eigenvalue weighted by atomic mass is 10.1. The van der Waals surface area contributed by atoms with Crippen LogP contribution in [0.3, 0.4) is 0 Å². The van der Waals surface area contributed by atoms with Crippen LogP contribution in [0.15, 0.2) is 48.5 Å². The first-order valence-corrected chi connectivity index (χ1v) is 12.2. The lowest BCUT2D eigenvalue weighted by molar-refractivity contribution is -0.139. The Morgan fingerprint density at radius 1 is 1.06 bits per heavy atom. The molecule has 1 atom stereocenters. The number of nitrogens with zero attached hydrogens (tertiary/aromatic N) is 2. The highest BCUT2D eigenvalue weighted by atomic mass is 35.5. The van der Waals surface area contributed by atoms with Gasteiger partial charge in [-0.25, -0.2) is 12.8 Å². The minimum absolute atomic E-state index is 0.0392. The SMILES string of the molecule is CC(C)NC(=O)C(C)N(Cc1ccc(Cl)cc1)C(=O)CN(c1ccccc1F)S(C)(=O)=O. The van der Waals surface area contributed by atoms with Crippen LogP contribution in [-0.2, 0) is 26.2 Å². The summed E-state index contributed by atoms with van der Waals surface area (Å²) in [6.07, 6.45) is 0.894. The second kappa shape index (κ2) is 10.8. The molecule has 0 aliphatic heterocycles. The molecule has 174 valence electrons. The van der Waals surface area contributed by atoms with Crippen molar-refractivity contribution in [3.63, 3.8) is 0 Å². The van der Waals surface area contributed by atoms with E-state index < -0.39 is 34.3 Å². The Kier molecular flexibility index (Phi) is 8.63. The molecule has 0 heterocycles. The van der Waals surface area contributed by atoms with E-state index in [0.717, 1.165) is 12.3 Å². The fourth-order valence-corrected chi connectivity index (χ4v) is 4.00. The molecule has 0 saturated carbocycles. The standard InChI is InChI=1S/C22H27ClFN3O4S/c1-15(2)25-22(29)16(3)26(13-17-9-11-18(23)12-10-17)21(28)14-27(32(4,30)31)20-8-6-5-7-19(20)24/h5-12,15-16H,13-14H2,1-4H3,(H,25,29). The van der Waals surface area contributed by atoms with Gasteiger partial charge in [0.1, 0.15) is 18.4 Å². The first kappa shape index (κ1) is 25.6. The number of benzene rings is 2. The lowest BCUT2D eigenvalue weighted by Gasteiger charge is -2.32. The number of carbonyl (C=O) groups excluding carboxylic acids is 2. The predicted octanol–water partition coefficient (Wildman–Crippen LogP) is 3.19. The first-order chi connectivity index (χ1) is 14.9. The van der Waals surface area contributed by atoms with Crippen LogP contribution in [0.25, 0.3) is 0 Å². The number of nitrogens with one attached hydrogen (secondary N) is 1. The molecule has 2 aromatic carbocycles. The molecular formula is C22H27ClFN3O4S. The highest BCUT2D eigenvalue weighted by molar-refractivity contribution is 7.92. The van der Waals surface area contributed by atoms with Gasteiger partial charge in [0.25, 0.3) is 0 Å². The van der Waals surface area contributed by atoms with Crippen LogP contribution in [0.1, 0.15) is 26.3 Å². The molecule has 1 unspecified atom stereocenters. The number of carbonyl (C=O) groups is 2. The van der Waals surface area contributed by atoms with E-state index in [1.165, 1.54) is 23.1 Å². The Morgan fingerprint density at radius 3 is 2.19 bits per heavy atom. The summed E-state index contributed by atoms with van der Waals surface area (Å²) in [5.41, 5.74) is 0.456. The fraction of sp³-hybridized carbons (Fsp3) is 0.364. The van der Waals surface area contributed by atoms with Crippen molar-refractivity contribution in [2.75, 3.05) is 17.1 Å². The van der Waals surface area contributed by atoms with Gasteiger partial charge in [0.15, 0.2) is 0 Å². The van der Waals surface area contributed by atoms with Gasteiger partial charge < -0.3 is 10.2 Å². The number of hydrogen-bond acceptors (Lipinski definition) is 4. The summed E-state index contributed by atoms with van der Waals surface area (Å²) < 4.78 is 39.8. The van der Waals surface area contributed by atoms with Crippen LogP contribution >= 0.6 is 11.6 Å². The summed E-state index contributed by atoms with van der Waals surface area (Å²) in [4.78, 5) is 27.2. The van der Waals surface area contributed by atoms with E-state index in [-0.39, 0.29) is 24.2 Å². The Balaban J connectivity index is 2.39. The quantitative estimate of drug-likeness (QED) is 0.593. The molecule has 2 aromatic rings. The molecule has 0 fully saturated rings. The van der Waals surface area contributed by atoms with Crippen molar-refractivity contribution in [2.24, 2.45) is 0 Å². The number of hydrogen-bond donors (Lipinski definition) is 1. The second-order valence-electron chi connectivity index (χ2n) is 7.71. The van der Waals surface area contributed by atoms with Crippen LogP contribution < -0.4 is 9.62 Å². The zero-order valence-electron chi connectivity index (χ0n) is 18.4. The largest absolute Gasteiger partial charge is 0.352 e. The lowest BCUT2D eigenvalue weighted by Crippen LogP contribution is -2.52. The average molecular weight is 484 g/mol. The van der Waals surface area contributed by atoms with E-state index in [9.17, 15) is 22.4 Å². The Labute approximate surface area is 193 Å². The zero-order chi connectivity index (χ0) is 24.1. The summed E-state index contributed by atoms with van der Waals surface area (Å²) in [7, 11) is -3.98. The van der Waals surface area contributed by atoms with Gasteiger partial charge in [-0.05, 0) is 50.6 Å². The monoisotopic (exact) mass is 483 g/mol. The van der Waals surface area contributed by atoms with Gasteiger partial charge in [-0.1, -0.05) is 35.9 Å². The van der Waals surface area contributed by atoms with Crippen molar-refractivity contribution in [2.45, 2.75) is 39.4 Å². The molecule has 2 rings (SSSR count). The van der Waals surface area contributed by atoms with E-state index in [4.69, 9.17) is 11.6 Å². The third kappa shape index (κ3) is 6.93. The van der Waals surface area contributed by atoms with Crippen LogP contribution in [-0.4, -0.2) is 50.0 Å². The van der Waals surface area contributed by atoms with E-state index in [2.05, 4.69) is 5.32 Å². The normalized spacial score (nSPS) is 12.3. The van der Waals surface area contributed by atoms with Gasteiger partial charge in [0.05, 0.1) is 11.9 Å². The molecule has 7 nitrogen and oxygen atoms in total. The summed E-state index contributed by atoms with van der Waals surface area (Å²) >= 11 is 5.93. The Morgan fingerprint density at radius 2 is 1.66 bits per heavy atom. The highest BCUT2D eigenvalue weighted by Crippen LogP contribution is 2.22. The molecule has 0 bridgehead atoms. The number of halogens is 2. The molecule has 1 N–H and O–H groups in total. The molecule has 0 aromatic heterocycles. The van der Waals surface area contributed by atoms with Gasteiger partial charge in [-0.2, -0.15) is 0 Å². The summed E-state index contributed by atoms with van der Waals surface area (Å²) in [6, 6.07) is 11.0. The maximum Gasteiger partial charge on any atom is 0.244 e. The average Bonchev–Trinajstić information content (AvgIpc) is 2.70. The number of para-hydroxylation sites is 1. The molecule has 0 aliphatic carbocycles. The van der Waals surface area contributed by atoms with Crippen molar-refractivity contribution in [1.82, 2.24) is 10.2 Å². The third-order valence-electron chi connectivity index (χ3n) is 4.66. The van der Waals surface area contributed by atoms with Crippen molar-refractivity contribution in [3.8, 4) is 0 Å². The van der Waals surface area contributed by atoms with Crippen molar-refractivity contribution >= 4 is 39.1 Å². The van der Waals surface area contributed by atoms with Crippen LogP contribution in [0.4, 0.5) is 10.1 Å². The molecule has 0 aliphatic rings. The van der Waals surface area contributed by atoms with Gasteiger partial charge >= 0.3 is 0 Å². The maximum absolute atomic E-state index is 14.3. The number of rotatable bonds is 9. The van der Waals surface area contributed by atoms with Crippen LogP contribution in [0.2, 0.25) is 5.02 Å². The van der Waals surface area contributed by atoms with E-state index in [0.29, 0.717) is 14.9 Å². The molecule has 0 radical (unpaired) electrons. The minimum atomic E-state index is -3.98. The Hall–Kier alpha value is -2.65. The fourth-order valence-electron chi connectivity index (χ4n) is 3.02. The predicted molar refractivity (Wildman–Crippen MR) is 123 cm³/mol. The molecular weight excluding hydrogens is 457 g/mol. The van der Waals surface area contributed by atoms with E-state index >= 15 is 0 Å². The first-order valence-electron chi connectivity index (χ1n) is 9.96. The molecule has 2 amide bonds. The van der Waals surface area contributed by atoms with Gasteiger partial charge in [-0.15, -0.1) is 0 Å². The van der Waals surface area contributed by atoms with Crippen LogP contribution in [0.5, 0.6) is 0 Å². The van der Waals surface area contributed by atoms with Crippen molar-refractivity contribution in [3.05, 3.63) is 64.9 Å². The number of anilines is 1. The van der Waals surface area contributed by atoms with Gasteiger partial charge in [-0.3, -0.25) is 13.9 Å². The van der Waals surface area contributed by atoms with Crippen molar-refractivity contribution in [1.29, 1.82) is 0 Å². The molecule has 32 heavy (non-hydrogen) atoms. The molecule has 0 saturated heterocycles. The zero-order valence-corrected chi connectivity index (χ0v) is 20.0. The van der Waals surface area contributed by atoms with Gasteiger partial charge in [0, 0.05) is 17.6 Å². The topological polar surface area (TPSA) is 86.8 Å². The van der Waals surface area contributed by atoms with Crippen LogP contribution in [0, 0.1) is 5.82 Å².